The number of fused-ring (bicyclic) bond motifs is 1. The van der Waals surface area contributed by atoms with Gasteiger partial charge in [0.1, 0.15) is 5.75 Å². The summed E-state index contributed by atoms with van der Waals surface area (Å²) in [4.78, 5) is 0. The summed E-state index contributed by atoms with van der Waals surface area (Å²) < 4.78 is 2.15. The number of phenolic OH excluding ortho intramolecular Hbond substituents is 1. The lowest BCUT2D eigenvalue weighted by atomic mass is 10.2. The van der Waals surface area contributed by atoms with Crippen LogP contribution >= 0.6 is 0 Å². The number of nitrogens with zero attached hydrogens (tertiary/aromatic N) is 1. The number of hydrogen-bond donors (Lipinski definition) is 2. The number of nitrogens with one attached hydrogen (secondary N) is 1. The average Bonchev–Trinajstić information content (AvgIpc) is 2.64. The highest BCUT2D eigenvalue weighted by Gasteiger charge is 2.03. The lowest BCUT2D eigenvalue weighted by Crippen LogP contribution is -2.18. The molecule has 3 nitrogen and oxygen atoms in total. The number of phenols is 1. The van der Waals surface area contributed by atoms with Crippen LogP contribution in [0.4, 0.5) is 0 Å². The minimum absolute atomic E-state index is 0.356. The Morgan fingerprint density at radius 3 is 3.00 bits per heavy atom. The van der Waals surface area contributed by atoms with Gasteiger partial charge in [-0.3, -0.25) is 0 Å². The lowest BCUT2D eigenvalue weighted by molar-refractivity contribution is 0.481. The second kappa shape index (κ2) is 4.36. The van der Waals surface area contributed by atoms with Crippen LogP contribution in [0.15, 0.2) is 30.5 Å². The summed E-state index contributed by atoms with van der Waals surface area (Å²) in [6.07, 6.45) is 2.02. The molecule has 0 aliphatic heterocycles. The van der Waals surface area contributed by atoms with Gasteiger partial charge in [0.05, 0.1) is 5.52 Å². The molecule has 0 unspecified atom stereocenters. The Balaban J connectivity index is 2.25. The highest BCUT2D eigenvalue weighted by atomic mass is 16.3. The van der Waals surface area contributed by atoms with Crippen molar-refractivity contribution in [3.63, 3.8) is 0 Å². The quantitative estimate of drug-likeness (QED) is 0.747. The van der Waals surface area contributed by atoms with Crippen LogP contribution in [0.1, 0.15) is 6.92 Å². The molecule has 2 rings (SSSR count). The zero-order chi connectivity index (χ0) is 10.7. The van der Waals surface area contributed by atoms with Crippen molar-refractivity contribution in [2.45, 2.75) is 13.5 Å². The SMILES string of the molecule is CCNCCn1ccc2c(O)cccc21. The summed E-state index contributed by atoms with van der Waals surface area (Å²) in [5, 5.41) is 13.8. The standard InChI is InChI=1S/C12H16N2O/c1-2-13-7-9-14-8-6-10-11(14)4-3-5-12(10)15/h3-6,8,13,15H,2,7,9H2,1H3. The van der Waals surface area contributed by atoms with Crippen molar-refractivity contribution in [3.8, 4) is 5.75 Å². The van der Waals surface area contributed by atoms with E-state index in [4.69, 9.17) is 0 Å². The summed E-state index contributed by atoms with van der Waals surface area (Å²) in [5.74, 6) is 0.356. The molecule has 2 aromatic rings. The maximum absolute atomic E-state index is 9.63. The van der Waals surface area contributed by atoms with E-state index in [1.54, 1.807) is 6.07 Å². The van der Waals surface area contributed by atoms with Crippen LogP contribution in [0.5, 0.6) is 5.75 Å². The predicted octanol–water partition coefficient (Wildman–Crippen LogP) is 1.96. The van der Waals surface area contributed by atoms with Crippen LogP contribution in [-0.4, -0.2) is 22.8 Å². The molecular weight excluding hydrogens is 188 g/mol. The third-order valence-corrected chi connectivity index (χ3v) is 2.57. The Hall–Kier alpha value is -1.48. The first-order valence-electron chi connectivity index (χ1n) is 5.30. The van der Waals surface area contributed by atoms with Crippen molar-refractivity contribution in [1.29, 1.82) is 0 Å². The van der Waals surface area contributed by atoms with Crippen LogP contribution in [0, 0.1) is 0 Å². The van der Waals surface area contributed by atoms with Crippen LogP contribution in [0.25, 0.3) is 10.9 Å². The number of benzene rings is 1. The molecule has 0 spiro atoms. The third-order valence-electron chi connectivity index (χ3n) is 2.57. The van der Waals surface area contributed by atoms with E-state index in [1.807, 2.05) is 24.4 Å². The molecule has 80 valence electrons. The van der Waals surface area contributed by atoms with E-state index < -0.39 is 0 Å². The van der Waals surface area contributed by atoms with Gasteiger partial charge in [0.15, 0.2) is 0 Å². The van der Waals surface area contributed by atoms with Gasteiger partial charge in [-0.15, -0.1) is 0 Å². The molecule has 0 amide bonds. The van der Waals surface area contributed by atoms with E-state index in [9.17, 15) is 5.11 Å². The van der Waals surface area contributed by atoms with E-state index in [0.29, 0.717) is 5.75 Å². The number of rotatable bonds is 4. The van der Waals surface area contributed by atoms with E-state index in [0.717, 1.165) is 30.5 Å². The largest absolute Gasteiger partial charge is 0.507 e. The van der Waals surface area contributed by atoms with Gasteiger partial charge < -0.3 is 15.0 Å². The van der Waals surface area contributed by atoms with Crippen molar-refractivity contribution in [2.75, 3.05) is 13.1 Å². The Morgan fingerprint density at radius 2 is 2.20 bits per heavy atom. The smallest absolute Gasteiger partial charge is 0.124 e. The van der Waals surface area contributed by atoms with Crippen molar-refractivity contribution in [2.24, 2.45) is 0 Å². The number of likely N-dealkylation sites (N-methyl/N-ethyl adjacent to an activating group) is 1. The van der Waals surface area contributed by atoms with Crippen molar-refractivity contribution >= 4 is 10.9 Å². The van der Waals surface area contributed by atoms with Crippen LogP contribution in [0.3, 0.4) is 0 Å². The van der Waals surface area contributed by atoms with Crippen LogP contribution < -0.4 is 5.32 Å². The molecule has 0 radical (unpaired) electrons. The fourth-order valence-corrected chi connectivity index (χ4v) is 1.78. The van der Waals surface area contributed by atoms with E-state index in [1.165, 1.54) is 0 Å². The second-order valence-corrected chi connectivity index (χ2v) is 3.57. The van der Waals surface area contributed by atoms with Gasteiger partial charge >= 0.3 is 0 Å². The Bertz CT molecular complexity index is 448. The molecule has 0 fully saturated rings. The topological polar surface area (TPSA) is 37.2 Å². The monoisotopic (exact) mass is 204 g/mol. The van der Waals surface area contributed by atoms with E-state index in [2.05, 4.69) is 16.8 Å². The fourth-order valence-electron chi connectivity index (χ4n) is 1.78. The highest BCUT2D eigenvalue weighted by molar-refractivity contribution is 5.86. The molecule has 1 heterocycles. The molecule has 0 aliphatic carbocycles. The molecule has 1 aromatic carbocycles. The van der Waals surface area contributed by atoms with Crippen LogP contribution in [-0.2, 0) is 6.54 Å². The Morgan fingerprint density at radius 1 is 1.33 bits per heavy atom. The second-order valence-electron chi connectivity index (χ2n) is 3.57. The number of hydrogen-bond acceptors (Lipinski definition) is 2. The first-order chi connectivity index (χ1) is 7.33. The predicted molar refractivity (Wildman–Crippen MR) is 62.1 cm³/mol. The van der Waals surface area contributed by atoms with Gasteiger partial charge in [0.2, 0.25) is 0 Å². The maximum atomic E-state index is 9.63. The summed E-state index contributed by atoms with van der Waals surface area (Å²) >= 11 is 0. The summed E-state index contributed by atoms with van der Waals surface area (Å²) in [6, 6.07) is 7.58. The van der Waals surface area contributed by atoms with E-state index in [-0.39, 0.29) is 0 Å². The normalized spacial score (nSPS) is 11.0. The van der Waals surface area contributed by atoms with Crippen LogP contribution in [0.2, 0.25) is 0 Å². The molecule has 0 saturated carbocycles. The number of aromatic nitrogens is 1. The first kappa shape index (κ1) is 10.1. The van der Waals surface area contributed by atoms with Gasteiger partial charge in [0.25, 0.3) is 0 Å². The van der Waals surface area contributed by atoms with Gasteiger partial charge in [-0.05, 0) is 24.7 Å². The summed E-state index contributed by atoms with van der Waals surface area (Å²) in [6.45, 7) is 4.97. The third kappa shape index (κ3) is 1.97. The van der Waals surface area contributed by atoms with Gasteiger partial charge in [-0.2, -0.15) is 0 Å². The molecule has 0 atom stereocenters. The average molecular weight is 204 g/mol. The Kier molecular flexibility index (Phi) is 2.92. The highest BCUT2D eigenvalue weighted by Crippen LogP contribution is 2.24. The minimum Gasteiger partial charge on any atom is -0.507 e. The molecular formula is C12H16N2O. The van der Waals surface area contributed by atoms with Crippen molar-refractivity contribution < 1.29 is 5.11 Å². The maximum Gasteiger partial charge on any atom is 0.124 e. The van der Waals surface area contributed by atoms with Gasteiger partial charge in [-0.25, -0.2) is 0 Å². The lowest BCUT2D eigenvalue weighted by Gasteiger charge is -2.05. The molecule has 0 aliphatic rings. The molecule has 0 bridgehead atoms. The fraction of sp³-hybridized carbons (Fsp3) is 0.333. The summed E-state index contributed by atoms with van der Waals surface area (Å²) in [5.41, 5.74) is 1.09. The zero-order valence-corrected chi connectivity index (χ0v) is 8.90. The zero-order valence-electron chi connectivity index (χ0n) is 8.90. The minimum atomic E-state index is 0.356. The van der Waals surface area contributed by atoms with Crippen molar-refractivity contribution in [1.82, 2.24) is 9.88 Å². The number of aromatic hydroxyl groups is 1. The van der Waals surface area contributed by atoms with Gasteiger partial charge in [0, 0.05) is 24.7 Å². The summed E-state index contributed by atoms with van der Waals surface area (Å²) in [7, 11) is 0. The first-order valence-corrected chi connectivity index (χ1v) is 5.30. The molecule has 1 aromatic heterocycles. The molecule has 15 heavy (non-hydrogen) atoms. The van der Waals surface area contributed by atoms with Crippen molar-refractivity contribution in [3.05, 3.63) is 30.5 Å². The molecule has 3 heteroatoms. The molecule has 2 N–H and O–H groups in total. The van der Waals surface area contributed by atoms with Gasteiger partial charge in [-0.1, -0.05) is 13.0 Å². The van der Waals surface area contributed by atoms with E-state index >= 15 is 0 Å². The Labute approximate surface area is 89.3 Å². The molecule has 0 saturated heterocycles.